The van der Waals surface area contributed by atoms with Gasteiger partial charge in [-0.15, -0.1) is 11.8 Å². The monoisotopic (exact) mass is 260 g/mol. The first-order valence-electron chi connectivity index (χ1n) is 4.03. The maximum atomic E-state index is 11.4. The average molecular weight is 261 g/mol. The van der Waals surface area contributed by atoms with E-state index in [0.29, 0.717) is 0 Å². The molecule has 2 fully saturated rings. The molecule has 5 heteroatoms. The van der Waals surface area contributed by atoms with Gasteiger partial charge < -0.3 is 4.90 Å². The molecule has 0 aromatic rings. The number of alkyl halides is 1. The van der Waals surface area contributed by atoms with Crippen LogP contribution in [0.2, 0.25) is 0 Å². The number of nitriles is 1. The van der Waals surface area contributed by atoms with E-state index in [4.69, 9.17) is 5.26 Å². The Morgan fingerprint density at radius 1 is 1.69 bits per heavy atom. The highest BCUT2D eigenvalue weighted by Crippen LogP contribution is 2.52. The largest absolute Gasteiger partial charge is 0.310 e. The molecule has 3 atom stereocenters. The van der Waals surface area contributed by atoms with E-state index in [1.54, 1.807) is 16.7 Å². The number of thioether (sulfide) groups is 1. The highest BCUT2D eigenvalue weighted by Gasteiger charge is 2.60. The van der Waals surface area contributed by atoms with Crippen molar-refractivity contribution in [2.24, 2.45) is 0 Å². The molecule has 0 aromatic carbocycles. The van der Waals surface area contributed by atoms with Crippen molar-refractivity contribution in [1.29, 1.82) is 5.26 Å². The van der Waals surface area contributed by atoms with Gasteiger partial charge in [-0.1, -0.05) is 15.9 Å². The molecule has 0 saturated carbocycles. The molecule has 0 unspecified atom stereocenters. The van der Waals surface area contributed by atoms with Crippen LogP contribution >= 0.6 is 27.7 Å². The number of β-lactam (4-membered cyclic amide) rings is 1. The van der Waals surface area contributed by atoms with Crippen LogP contribution in [0.4, 0.5) is 0 Å². The van der Waals surface area contributed by atoms with E-state index >= 15 is 0 Å². The third kappa shape index (κ3) is 1.05. The summed E-state index contributed by atoms with van der Waals surface area (Å²) < 4.78 is -0.141. The lowest BCUT2D eigenvalue weighted by molar-refractivity contribution is -0.141. The van der Waals surface area contributed by atoms with E-state index in [1.165, 1.54) is 0 Å². The van der Waals surface area contributed by atoms with Gasteiger partial charge in [0.1, 0.15) is 16.2 Å². The minimum absolute atomic E-state index is 0.0506. The molecule has 0 N–H and O–H groups in total. The minimum atomic E-state index is -0.274. The van der Waals surface area contributed by atoms with Crippen LogP contribution in [0, 0.1) is 11.3 Å². The lowest BCUT2D eigenvalue weighted by Gasteiger charge is -2.39. The Morgan fingerprint density at radius 3 is 2.85 bits per heavy atom. The van der Waals surface area contributed by atoms with Crippen molar-refractivity contribution >= 4 is 33.6 Å². The lowest BCUT2D eigenvalue weighted by Crippen LogP contribution is -2.61. The third-order valence-electron chi connectivity index (χ3n) is 2.50. The molecule has 2 rings (SSSR count). The van der Waals surface area contributed by atoms with Crippen molar-refractivity contribution in [3.05, 3.63) is 0 Å². The predicted molar refractivity (Wildman–Crippen MR) is 54.4 cm³/mol. The minimum Gasteiger partial charge on any atom is -0.310 e. The van der Waals surface area contributed by atoms with Gasteiger partial charge in [0, 0.05) is 4.75 Å². The normalized spacial score (nSPS) is 40.9. The predicted octanol–water partition coefficient (Wildman–Crippen LogP) is 1.34. The number of amides is 1. The fourth-order valence-electron chi connectivity index (χ4n) is 1.77. The van der Waals surface area contributed by atoms with Crippen LogP contribution in [-0.2, 0) is 4.79 Å². The van der Waals surface area contributed by atoms with Crippen LogP contribution in [0.3, 0.4) is 0 Å². The fourth-order valence-corrected chi connectivity index (χ4v) is 4.08. The molecule has 2 aliphatic rings. The number of halogens is 1. The number of rotatable bonds is 0. The number of carbonyl (C=O) groups is 1. The summed E-state index contributed by atoms with van der Waals surface area (Å²) in [6, 6.07) is 1.93. The summed E-state index contributed by atoms with van der Waals surface area (Å²) in [7, 11) is 0. The van der Waals surface area contributed by atoms with Crippen LogP contribution in [0.1, 0.15) is 13.8 Å². The Kier molecular flexibility index (Phi) is 1.90. The zero-order valence-corrected chi connectivity index (χ0v) is 9.72. The summed E-state index contributed by atoms with van der Waals surface area (Å²) in [6.45, 7) is 4.02. The Balaban J connectivity index is 2.30. The van der Waals surface area contributed by atoms with Crippen molar-refractivity contribution < 1.29 is 4.79 Å². The lowest BCUT2D eigenvalue weighted by atomic mass is 10.00. The molecule has 2 saturated heterocycles. The highest BCUT2D eigenvalue weighted by atomic mass is 79.9. The quantitative estimate of drug-likeness (QED) is 0.488. The molecular weight excluding hydrogens is 252 g/mol. The topological polar surface area (TPSA) is 44.1 Å². The molecule has 2 heterocycles. The Morgan fingerprint density at radius 2 is 2.31 bits per heavy atom. The molecule has 13 heavy (non-hydrogen) atoms. The Labute approximate surface area is 89.6 Å². The zero-order valence-electron chi connectivity index (χ0n) is 7.32. The first kappa shape index (κ1) is 9.35. The first-order valence-corrected chi connectivity index (χ1v) is 5.82. The van der Waals surface area contributed by atoms with Crippen molar-refractivity contribution in [1.82, 2.24) is 4.90 Å². The summed E-state index contributed by atoms with van der Waals surface area (Å²) in [4.78, 5) is 13.0. The smallest absolute Gasteiger partial charge is 0.241 e. The van der Waals surface area contributed by atoms with Crippen LogP contribution in [0.25, 0.3) is 0 Å². The zero-order chi connectivity index (χ0) is 9.80. The van der Waals surface area contributed by atoms with E-state index in [2.05, 4.69) is 22.0 Å². The molecule has 0 spiro atoms. The summed E-state index contributed by atoms with van der Waals surface area (Å²) in [6.07, 6.45) is 0. The summed E-state index contributed by atoms with van der Waals surface area (Å²) in [5.74, 6) is 0.0506. The number of nitrogens with zero attached hydrogens (tertiary/aromatic N) is 2. The van der Waals surface area contributed by atoms with Gasteiger partial charge in [0.15, 0.2) is 0 Å². The molecule has 0 bridgehead atoms. The van der Waals surface area contributed by atoms with Gasteiger partial charge in [0.25, 0.3) is 0 Å². The highest BCUT2D eigenvalue weighted by molar-refractivity contribution is 9.10. The average Bonchev–Trinajstić information content (AvgIpc) is 2.33. The molecule has 70 valence electrons. The van der Waals surface area contributed by atoms with Crippen molar-refractivity contribution in [3.8, 4) is 6.07 Å². The molecule has 0 aliphatic carbocycles. The number of hydrogen-bond donors (Lipinski definition) is 0. The number of carbonyl (C=O) groups excluding carboxylic acids is 1. The maximum absolute atomic E-state index is 11.4. The van der Waals surface area contributed by atoms with Gasteiger partial charge in [-0.2, -0.15) is 5.26 Å². The van der Waals surface area contributed by atoms with Gasteiger partial charge in [-0.25, -0.2) is 0 Å². The molecule has 0 aromatic heterocycles. The standard InChI is InChI=1S/C8H9BrN2OS/c1-8(2)4(3-10)11-6(12)5(9)7(11)13-8/h4-5,7H,1-2H3/t4-,5-,7-/m0/s1. The second-order valence-corrected chi connectivity index (χ2v) is 6.55. The van der Waals surface area contributed by atoms with Gasteiger partial charge in [0.05, 0.1) is 6.07 Å². The molecule has 3 nitrogen and oxygen atoms in total. The molecule has 1 amide bonds. The first-order chi connectivity index (χ1) is 5.99. The van der Waals surface area contributed by atoms with Gasteiger partial charge in [0.2, 0.25) is 5.91 Å². The van der Waals surface area contributed by atoms with Crippen molar-refractivity contribution in [2.45, 2.75) is 34.8 Å². The molecular formula is C8H9BrN2OS. The van der Waals surface area contributed by atoms with Crippen LogP contribution in [0.5, 0.6) is 0 Å². The van der Waals surface area contributed by atoms with Gasteiger partial charge in [-0.3, -0.25) is 4.79 Å². The SMILES string of the molecule is CC1(C)S[C@H]2[C@@H](Br)C(=O)N2[C@H]1C#N. The third-order valence-corrected chi connectivity index (χ3v) is 5.31. The van der Waals surface area contributed by atoms with E-state index in [9.17, 15) is 4.79 Å². The van der Waals surface area contributed by atoms with Gasteiger partial charge in [-0.05, 0) is 13.8 Å². The van der Waals surface area contributed by atoms with Gasteiger partial charge >= 0.3 is 0 Å². The maximum Gasteiger partial charge on any atom is 0.241 e. The van der Waals surface area contributed by atoms with E-state index in [1.807, 2.05) is 13.8 Å². The molecule has 2 aliphatic heterocycles. The second-order valence-electron chi connectivity index (χ2n) is 3.79. The summed E-state index contributed by atoms with van der Waals surface area (Å²) >= 11 is 5.02. The van der Waals surface area contributed by atoms with Crippen LogP contribution < -0.4 is 0 Å². The van der Waals surface area contributed by atoms with Crippen molar-refractivity contribution in [2.75, 3.05) is 0 Å². The van der Waals surface area contributed by atoms with Crippen LogP contribution in [0.15, 0.2) is 0 Å². The van der Waals surface area contributed by atoms with E-state index < -0.39 is 0 Å². The van der Waals surface area contributed by atoms with Crippen molar-refractivity contribution in [3.63, 3.8) is 0 Å². The van der Waals surface area contributed by atoms with Crippen LogP contribution in [-0.4, -0.2) is 31.8 Å². The Bertz CT molecular complexity index is 312. The Hall–Kier alpha value is -0.210. The van der Waals surface area contributed by atoms with E-state index in [0.717, 1.165) is 0 Å². The number of fused-ring (bicyclic) bond motifs is 1. The van der Waals surface area contributed by atoms with E-state index in [-0.39, 0.29) is 26.9 Å². The fraction of sp³-hybridized carbons (Fsp3) is 0.750. The summed E-state index contributed by atoms with van der Waals surface area (Å²) in [5, 5.41) is 9.11. The number of hydrogen-bond acceptors (Lipinski definition) is 3. The summed E-state index contributed by atoms with van der Waals surface area (Å²) in [5.41, 5.74) is 0. The second kappa shape index (κ2) is 2.64. The molecule has 0 radical (unpaired) electrons.